The number of aromatic hydroxyl groups is 1. The number of aliphatic hydroxyl groups is 1. The van der Waals surface area contributed by atoms with Crippen molar-refractivity contribution < 1.29 is 20.1 Å². The van der Waals surface area contributed by atoms with Crippen LogP contribution in [0.5, 0.6) is 5.75 Å². The van der Waals surface area contributed by atoms with Crippen LogP contribution in [0.2, 0.25) is 0 Å². The van der Waals surface area contributed by atoms with Crippen LogP contribution in [-0.4, -0.2) is 57.5 Å². The third-order valence-electron chi connectivity index (χ3n) is 4.50. The highest BCUT2D eigenvalue weighted by molar-refractivity contribution is 6.02. The Morgan fingerprint density at radius 1 is 1.17 bits per heavy atom. The number of phenols is 1. The molecule has 0 spiro atoms. The number of carboxylic acids is 1. The summed E-state index contributed by atoms with van der Waals surface area (Å²) in [6.45, 7) is 2.91. The number of carbonyl (C=O) groups is 1. The summed E-state index contributed by atoms with van der Waals surface area (Å²) in [6.07, 6.45) is 1.48. The fourth-order valence-corrected chi connectivity index (χ4v) is 2.98. The minimum absolute atomic E-state index is 0.00708. The summed E-state index contributed by atoms with van der Waals surface area (Å²) in [4.78, 5) is 43.3. The van der Waals surface area contributed by atoms with Crippen LogP contribution in [0, 0.1) is 6.92 Å². The summed E-state index contributed by atoms with van der Waals surface area (Å²) in [5.74, 6) is -1.54. The summed E-state index contributed by atoms with van der Waals surface area (Å²) >= 11 is 0. The molecule has 152 valence electrons. The lowest BCUT2D eigenvalue weighted by molar-refractivity contribution is 0.0699. The Kier molecular flexibility index (Phi) is 5.76. The van der Waals surface area contributed by atoms with Crippen LogP contribution in [-0.2, 0) is 0 Å². The van der Waals surface area contributed by atoms with E-state index < -0.39 is 16.8 Å². The molecule has 3 rings (SSSR count). The van der Waals surface area contributed by atoms with Crippen LogP contribution in [0.3, 0.4) is 0 Å². The molecule has 0 radical (unpaired) electrons. The average molecular weight is 400 g/mol. The Bertz CT molecular complexity index is 1270. The van der Waals surface area contributed by atoms with Crippen LogP contribution < -0.4 is 26.7 Å². The summed E-state index contributed by atoms with van der Waals surface area (Å²) in [6, 6.07) is 2.25. The van der Waals surface area contributed by atoms with Gasteiger partial charge in [-0.1, -0.05) is 0 Å². The number of carboxylic acid groups (broad SMARTS) is 1. The van der Waals surface area contributed by atoms with Crippen molar-refractivity contribution in [3.8, 4) is 5.75 Å². The van der Waals surface area contributed by atoms with Crippen molar-refractivity contribution >= 4 is 34.2 Å². The number of aromatic nitrogens is 2. The van der Waals surface area contributed by atoms with Crippen molar-refractivity contribution in [3.63, 3.8) is 0 Å². The van der Waals surface area contributed by atoms with Gasteiger partial charge in [0.2, 0.25) is 10.9 Å². The topological polar surface area (TPSA) is 165 Å². The molecule has 1 aromatic heterocycles. The van der Waals surface area contributed by atoms with Crippen molar-refractivity contribution in [2.75, 3.05) is 26.2 Å². The number of H-pyrrole nitrogens is 1. The Balaban J connectivity index is 2.25. The number of nitrogens with one attached hydrogen (secondary N) is 3. The van der Waals surface area contributed by atoms with Crippen molar-refractivity contribution in [2.24, 2.45) is 0 Å². The van der Waals surface area contributed by atoms with E-state index in [1.54, 1.807) is 0 Å². The van der Waals surface area contributed by atoms with Gasteiger partial charge in [0.05, 0.1) is 22.9 Å². The molecular weight excluding hydrogens is 380 g/mol. The first-order chi connectivity index (χ1) is 13.9. The molecule has 2 aromatic carbocycles. The van der Waals surface area contributed by atoms with E-state index in [2.05, 4.69) is 20.6 Å². The molecule has 6 N–H and O–H groups in total. The Hall–Kier alpha value is -3.50. The molecule has 0 fully saturated rings. The standard InChI is InChI=1S/C19H20N4O6/c1-9-17(26)11(8-21-5-4-20-6-7-24)14-16(18(9)27)23-13-10(19(28)29)2-3-12(25)15(13)22-14/h2-3,8,20-21,23-24,26H,4-7H2,1H3,(H,28,29)/b11-8-. The van der Waals surface area contributed by atoms with E-state index >= 15 is 0 Å². The lowest BCUT2D eigenvalue weighted by atomic mass is 10.1. The number of fused-ring (bicyclic) bond motifs is 2. The molecule has 0 amide bonds. The molecule has 10 heteroatoms. The number of benzene rings is 2. The van der Waals surface area contributed by atoms with Gasteiger partial charge in [0.25, 0.3) is 0 Å². The molecular formula is C19H20N4O6. The van der Waals surface area contributed by atoms with E-state index in [-0.39, 0.29) is 50.8 Å². The predicted octanol–water partition coefficient (Wildman–Crippen LogP) is -1.22. The second-order valence-corrected chi connectivity index (χ2v) is 6.39. The largest absolute Gasteiger partial charge is 0.507 e. The van der Waals surface area contributed by atoms with Gasteiger partial charge in [-0.2, -0.15) is 0 Å². The smallest absolute Gasteiger partial charge is 0.337 e. The minimum Gasteiger partial charge on any atom is -0.507 e. The van der Waals surface area contributed by atoms with Crippen molar-refractivity contribution in [2.45, 2.75) is 6.92 Å². The molecule has 3 aromatic rings. The van der Waals surface area contributed by atoms with Gasteiger partial charge < -0.3 is 30.9 Å². The highest BCUT2D eigenvalue weighted by Crippen LogP contribution is 2.17. The lowest BCUT2D eigenvalue weighted by Crippen LogP contribution is -2.28. The van der Waals surface area contributed by atoms with Gasteiger partial charge in [-0.05, 0) is 19.1 Å². The second-order valence-electron chi connectivity index (χ2n) is 6.39. The average Bonchev–Trinajstić information content (AvgIpc) is 2.70. The molecule has 10 nitrogen and oxygen atoms in total. The summed E-state index contributed by atoms with van der Waals surface area (Å²) in [5, 5.41) is 34.7. The maximum Gasteiger partial charge on any atom is 0.337 e. The van der Waals surface area contributed by atoms with Crippen molar-refractivity contribution in [3.05, 3.63) is 48.9 Å². The predicted molar refractivity (Wildman–Crippen MR) is 107 cm³/mol. The molecule has 29 heavy (non-hydrogen) atoms. The SMILES string of the molecule is Cc1c(O)/c(=C\NCCNCCO)c2nc3c(=O)ccc(C(=O)O)c3[nH]c2c1=O. The molecule has 0 aliphatic carbocycles. The molecule has 0 saturated heterocycles. The molecule has 0 unspecified atom stereocenters. The Morgan fingerprint density at radius 3 is 2.62 bits per heavy atom. The molecule has 0 saturated carbocycles. The zero-order valence-corrected chi connectivity index (χ0v) is 15.6. The van der Waals surface area contributed by atoms with Gasteiger partial charge in [0.1, 0.15) is 22.3 Å². The molecule has 0 aliphatic heterocycles. The minimum atomic E-state index is -1.26. The molecule has 1 heterocycles. The van der Waals surface area contributed by atoms with Gasteiger partial charge >= 0.3 is 5.97 Å². The van der Waals surface area contributed by atoms with E-state index in [1.165, 1.54) is 13.1 Å². The number of rotatable bonds is 7. The van der Waals surface area contributed by atoms with Crippen molar-refractivity contribution in [1.29, 1.82) is 0 Å². The van der Waals surface area contributed by atoms with Crippen LogP contribution in [0.25, 0.3) is 28.3 Å². The van der Waals surface area contributed by atoms with Gasteiger partial charge in [-0.25, -0.2) is 9.78 Å². The summed E-state index contributed by atoms with van der Waals surface area (Å²) < 4.78 is 0. The van der Waals surface area contributed by atoms with Gasteiger partial charge in [0.15, 0.2) is 0 Å². The summed E-state index contributed by atoms with van der Waals surface area (Å²) in [7, 11) is 0. The van der Waals surface area contributed by atoms with Crippen LogP contribution in [0.4, 0.5) is 0 Å². The highest BCUT2D eigenvalue weighted by atomic mass is 16.4. The number of aromatic carboxylic acids is 1. The fraction of sp³-hybridized carbons (Fsp3) is 0.263. The van der Waals surface area contributed by atoms with E-state index in [0.717, 1.165) is 12.1 Å². The number of nitrogens with zero attached hydrogens (tertiary/aromatic N) is 1. The number of aliphatic hydroxyl groups excluding tert-OH is 1. The normalized spacial score (nSPS) is 12.0. The quantitative estimate of drug-likeness (QED) is 0.211. The first-order valence-electron chi connectivity index (χ1n) is 8.87. The Morgan fingerprint density at radius 2 is 1.93 bits per heavy atom. The van der Waals surface area contributed by atoms with E-state index in [9.17, 15) is 24.6 Å². The van der Waals surface area contributed by atoms with Crippen LogP contribution >= 0.6 is 0 Å². The van der Waals surface area contributed by atoms with E-state index in [1.807, 2.05) is 0 Å². The third kappa shape index (κ3) is 3.75. The maximum absolute atomic E-state index is 12.6. The van der Waals surface area contributed by atoms with Gasteiger partial charge in [-0.15, -0.1) is 0 Å². The van der Waals surface area contributed by atoms with Gasteiger partial charge in [-0.3, -0.25) is 9.59 Å². The summed E-state index contributed by atoms with van der Waals surface area (Å²) in [5.41, 5.74) is -1.31. The zero-order valence-electron chi connectivity index (χ0n) is 15.6. The zero-order chi connectivity index (χ0) is 21.1. The fourth-order valence-electron chi connectivity index (χ4n) is 2.98. The van der Waals surface area contributed by atoms with Gasteiger partial charge in [0, 0.05) is 31.4 Å². The monoisotopic (exact) mass is 400 g/mol. The number of hydrogen-bond acceptors (Lipinski definition) is 8. The van der Waals surface area contributed by atoms with Crippen molar-refractivity contribution in [1.82, 2.24) is 20.6 Å². The maximum atomic E-state index is 12.6. The van der Waals surface area contributed by atoms with E-state index in [0.29, 0.717) is 19.6 Å². The molecule has 0 aliphatic rings. The Labute approximate surface area is 163 Å². The molecule has 0 bridgehead atoms. The van der Waals surface area contributed by atoms with Crippen LogP contribution in [0.1, 0.15) is 15.9 Å². The second kappa shape index (κ2) is 8.25. The van der Waals surface area contributed by atoms with Crippen LogP contribution in [0.15, 0.2) is 21.7 Å². The highest BCUT2D eigenvalue weighted by Gasteiger charge is 2.17. The van der Waals surface area contributed by atoms with E-state index in [4.69, 9.17) is 5.11 Å². The first kappa shape index (κ1) is 20.2. The first-order valence-corrected chi connectivity index (χ1v) is 8.87. The third-order valence-corrected chi connectivity index (χ3v) is 4.50. The molecule has 0 atom stereocenters. The lowest BCUT2D eigenvalue weighted by Gasteiger charge is -2.08. The number of phenolic OH excluding ortho intramolecular Hbond substituents is 1. The number of aromatic amines is 1. The number of hydrogen-bond donors (Lipinski definition) is 6.